The highest BCUT2D eigenvalue weighted by atomic mass is 35.5. The van der Waals surface area contributed by atoms with Gasteiger partial charge in [-0.2, -0.15) is 10.2 Å². The van der Waals surface area contributed by atoms with E-state index in [9.17, 15) is 28.6 Å². The summed E-state index contributed by atoms with van der Waals surface area (Å²) in [6, 6.07) is 36.4. The summed E-state index contributed by atoms with van der Waals surface area (Å²) in [5.41, 5.74) is 8.20. The quantitative estimate of drug-likeness (QED) is 0.0617. The van der Waals surface area contributed by atoms with E-state index in [2.05, 4.69) is 25.5 Å². The van der Waals surface area contributed by atoms with Gasteiger partial charge in [0.15, 0.2) is 5.69 Å². The molecule has 0 saturated heterocycles. The number of anilines is 2. The van der Waals surface area contributed by atoms with Gasteiger partial charge in [-0.15, -0.1) is 0 Å². The van der Waals surface area contributed by atoms with Gasteiger partial charge in [-0.05, 0) is 172 Å². The summed E-state index contributed by atoms with van der Waals surface area (Å²) in [7, 11) is 0. The van der Waals surface area contributed by atoms with E-state index in [4.69, 9.17) is 34.0 Å². The number of aromatic nitrogens is 6. The number of carboxylic acid groups (broad SMARTS) is 1. The third-order valence-electron chi connectivity index (χ3n) is 12.8. The molecule has 6 N–H and O–H groups in total. The first-order valence-corrected chi connectivity index (χ1v) is 24.6. The highest BCUT2D eigenvalue weighted by Crippen LogP contribution is 2.42. The van der Waals surface area contributed by atoms with Gasteiger partial charge in [-0.1, -0.05) is 80.6 Å². The summed E-state index contributed by atoms with van der Waals surface area (Å²) in [6.07, 6.45) is 10.8. The normalized spacial score (nSPS) is 14.4. The molecule has 1 amide bonds. The van der Waals surface area contributed by atoms with E-state index in [0.717, 1.165) is 25.7 Å². The molecule has 8 aromatic rings. The van der Waals surface area contributed by atoms with Crippen LogP contribution in [-0.2, 0) is 11.2 Å². The minimum atomic E-state index is -1.40. The zero-order valence-electron chi connectivity index (χ0n) is 40.1. The third-order valence-corrected chi connectivity index (χ3v) is 13.3. The van der Waals surface area contributed by atoms with E-state index < -0.39 is 34.7 Å². The first kappa shape index (κ1) is 54.5. The molecule has 13 nitrogen and oxygen atoms in total. The molecule has 0 bridgehead atoms. The summed E-state index contributed by atoms with van der Waals surface area (Å²) < 4.78 is 31.1. The largest absolute Gasteiger partial charge is 0.477 e. The predicted molar refractivity (Wildman–Crippen MR) is 284 cm³/mol. The van der Waals surface area contributed by atoms with Crippen molar-refractivity contribution in [3.63, 3.8) is 0 Å². The van der Waals surface area contributed by atoms with Crippen LogP contribution in [0.2, 0.25) is 10.0 Å². The van der Waals surface area contributed by atoms with Crippen molar-refractivity contribution in [2.24, 2.45) is 11.8 Å². The average Bonchev–Trinajstić information content (AvgIpc) is 4.33. The zero-order chi connectivity index (χ0) is 51.9. The van der Waals surface area contributed by atoms with Crippen molar-refractivity contribution < 1.29 is 33.7 Å². The number of nitrogens with two attached hydrogens (primary N) is 1. The van der Waals surface area contributed by atoms with E-state index in [1.54, 1.807) is 111 Å². The minimum absolute atomic E-state index is 0. The molecule has 4 aromatic heterocycles. The number of nitrogen functional groups attached to an aromatic ring is 1. The molecule has 0 spiro atoms. The smallest absolute Gasteiger partial charge is 0.354 e. The van der Waals surface area contributed by atoms with Crippen LogP contribution in [0.4, 0.5) is 20.2 Å². The summed E-state index contributed by atoms with van der Waals surface area (Å²) >= 11 is 11.8. The van der Waals surface area contributed by atoms with Crippen LogP contribution in [-0.4, -0.2) is 56.7 Å². The lowest BCUT2D eigenvalue weighted by Gasteiger charge is -2.29. The number of nitrogens with one attached hydrogen (secondary N) is 1. The molecule has 2 aliphatic rings. The Morgan fingerprint density at radius 3 is 1.53 bits per heavy atom. The van der Waals surface area contributed by atoms with Crippen molar-refractivity contribution in [2.75, 3.05) is 11.1 Å². The van der Waals surface area contributed by atoms with E-state index >= 15 is 0 Å². The number of hydrogen-bond acceptors (Lipinski definition) is 9. The first-order chi connectivity index (χ1) is 35.0. The second-order valence-electron chi connectivity index (χ2n) is 18.4. The molecule has 2 unspecified atom stereocenters. The SMILES string of the molecule is C.Cc1cc(C(=O)Nc2cc(C(O)(CCC3CC3)c3ccccn3)ccc2F)n(-c2ccc(Cl)cc2)n1.Cc1cc(C(=O)O)n(-c2ccc(Cl)cc2)n1.Nc1cc(C(O)(CCC2CC2)c2ccccn2)ccc1F. The Hall–Kier alpha value is -7.30. The average molecular weight is 1040 g/mol. The van der Waals surface area contributed by atoms with Crippen LogP contribution in [0, 0.1) is 37.3 Å². The molecule has 4 aromatic carbocycles. The van der Waals surface area contributed by atoms with Crippen LogP contribution < -0.4 is 11.1 Å². The Bertz CT molecular complexity index is 3190. The molecule has 2 fully saturated rings. The van der Waals surface area contributed by atoms with Crippen LogP contribution in [0.5, 0.6) is 0 Å². The number of halogens is 4. The number of amides is 1. The molecular formula is C57H58Cl2F2N8O5. The Morgan fingerprint density at radius 2 is 1.09 bits per heavy atom. The monoisotopic (exact) mass is 1040 g/mol. The molecule has 0 aliphatic heterocycles. The Labute approximate surface area is 438 Å². The predicted octanol–water partition coefficient (Wildman–Crippen LogP) is 12.4. The van der Waals surface area contributed by atoms with Crippen molar-refractivity contribution in [2.45, 2.75) is 83.8 Å². The number of nitrogens with zero attached hydrogens (tertiary/aromatic N) is 6. The summed E-state index contributed by atoms with van der Waals surface area (Å²) in [5, 5.41) is 44.4. The summed E-state index contributed by atoms with van der Waals surface area (Å²) in [4.78, 5) is 32.9. The van der Waals surface area contributed by atoms with Gasteiger partial charge in [0.05, 0.1) is 45.5 Å². The molecule has 10 rings (SSSR count). The van der Waals surface area contributed by atoms with E-state index in [0.29, 0.717) is 80.0 Å². The Morgan fingerprint density at radius 1 is 0.649 bits per heavy atom. The van der Waals surface area contributed by atoms with Crippen LogP contribution in [0.15, 0.2) is 146 Å². The van der Waals surface area contributed by atoms with Gasteiger partial charge in [0.1, 0.15) is 28.5 Å². The van der Waals surface area contributed by atoms with Gasteiger partial charge in [-0.25, -0.2) is 22.9 Å². The number of benzene rings is 4. The number of carbonyl (C=O) groups excluding carboxylic acids is 1. The molecule has 74 heavy (non-hydrogen) atoms. The standard InChI is InChI=1S/C28H26ClFN4O2.C17H19FN2O.C11H9ClN2O2.CH4/c1-18-16-25(34(33-18)22-10-8-21(29)9-11-22)27(35)32-24-17-20(7-12-23(24)30)28(36,14-13-19-5-6-19)26-4-2-3-15-31-26;18-14-7-6-13(11-15(14)19)17(21,9-8-12-4-5-12)16-3-1-2-10-20-16;1-7-6-10(11(15)16)14(13-7)9-4-2-8(12)3-5-9;/h2-4,7-12,15-17,19,36H,5-6,13-14H2,1H3,(H,32,35);1-3,6-7,10-12,21H,4-5,8-9,19H2;2-6H,1H3,(H,15,16);1H4. The molecule has 384 valence electrons. The summed E-state index contributed by atoms with van der Waals surface area (Å²) in [6.45, 7) is 3.52. The first-order valence-electron chi connectivity index (χ1n) is 23.8. The van der Waals surface area contributed by atoms with Crippen LogP contribution in [0.3, 0.4) is 0 Å². The van der Waals surface area contributed by atoms with Crippen LogP contribution in [0.1, 0.15) is 114 Å². The second-order valence-corrected chi connectivity index (χ2v) is 19.3. The maximum Gasteiger partial charge on any atom is 0.354 e. The highest BCUT2D eigenvalue weighted by molar-refractivity contribution is 6.30. The van der Waals surface area contributed by atoms with E-state index in [1.165, 1.54) is 52.5 Å². The van der Waals surface area contributed by atoms with Crippen LogP contribution >= 0.6 is 23.2 Å². The number of aryl methyl sites for hydroxylation is 2. The number of aromatic carboxylic acids is 1. The van der Waals surface area contributed by atoms with E-state index in [-0.39, 0.29) is 30.2 Å². The lowest BCUT2D eigenvalue weighted by Crippen LogP contribution is -2.29. The topological polar surface area (TPSA) is 194 Å². The van der Waals surface area contributed by atoms with Crippen molar-refractivity contribution in [1.82, 2.24) is 29.5 Å². The maximum absolute atomic E-state index is 14.9. The Kier molecular flexibility index (Phi) is 17.5. The van der Waals surface area contributed by atoms with E-state index in [1.807, 2.05) is 18.2 Å². The van der Waals surface area contributed by atoms with Gasteiger partial charge >= 0.3 is 5.97 Å². The Balaban J connectivity index is 0.000000178. The van der Waals surface area contributed by atoms with Gasteiger partial charge < -0.3 is 26.4 Å². The number of rotatable bonds is 15. The van der Waals surface area contributed by atoms with Crippen molar-refractivity contribution >= 4 is 46.5 Å². The fourth-order valence-corrected chi connectivity index (χ4v) is 8.68. The third kappa shape index (κ3) is 13.3. The van der Waals surface area contributed by atoms with Crippen molar-refractivity contribution in [3.05, 3.63) is 213 Å². The molecular weight excluding hydrogens is 986 g/mol. The number of carbonyl (C=O) groups is 2. The van der Waals surface area contributed by atoms with Gasteiger partial charge in [0.25, 0.3) is 5.91 Å². The van der Waals surface area contributed by atoms with Gasteiger partial charge in [0, 0.05) is 22.4 Å². The van der Waals surface area contributed by atoms with Gasteiger partial charge in [-0.3, -0.25) is 14.8 Å². The minimum Gasteiger partial charge on any atom is -0.477 e. The fraction of sp³-hybridized carbons (Fsp3) is 0.263. The number of carboxylic acids is 1. The number of hydrogen-bond donors (Lipinski definition) is 5. The lowest BCUT2D eigenvalue weighted by atomic mass is 9.84. The number of aliphatic hydroxyl groups is 2. The maximum atomic E-state index is 14.9. The molecule has 17 heteroatoms. The fourth-order valence-electron chi connectivity index (χ4n) is 8.43. The molecule has 0 radical (unpaired) electrons. The molecule has 2 saturated carbocycles. The van der Waals surface area contributed by atoms with Crippen molar-refractivity contribution in [3.8, 4) is 11.4 Å². The second kappa shape index (κ2) is 23.7. The molecule has 2 atom stereocenters. The van der Waals surface area contributed by atoms with Gasteiger partial charge in [0.2, 0.25) is 0 Å². The number of pyridine rings is 2. The lowest BCUT2D eigenvalue weighted by molar-refractivity contribution is 0.0622. The molecule has 4 heterocycles. The summed E-state index contributed by atoms with van der Waals surface area (Å²) in [5.74, 6) is -1.32. The zero-order valence-corrected chi connectivity index (χ0v) is 41.6. The highest BCUT2D eigenvalue weighted by Gasteiger charge is 2.37. The molecule has 2 aliphatic carbocycles. The van der Waals surface area contributed by atoms with Crippen LogP contribution in [0.25, 0.3) is 11.4 Å². The van der Waals surface area contributed by atoms with Crippen molar-refractivity contribution in [1.29, 1.82) is 0 Å².